The van der Waals surface area contributed by atoms with E-state index in [2.05, 4.69) is 19.2 Å². The lowest BCUT2D eigenvalue weighted by atomic mass is 9.78. The van der Waals surface area contributed by atoms with E-state index in [0.29, 0.717) is 18.8 Å². The highest BCUT2D eigenvalue weighted by atomic mass is 16.4. The third-order valence-corrected chi connectivity index (χ3v) is 4.78. The normalized spacial score (nSPS) is 22.8. The molecule has 0 aliphatic heterocycles. The highest BCUT2D eigenvalue weighted by Crippen LogP contribution is 2.31. The van der Waals surface area contributed by atoms with Gasteiger partial charge in [0.1, 0.15) is 0 Å². The van der Waals surface area contributed by atoms with E-state index in [1.807, 2.05) is 24.3 Å². The van der Waals surface area contributed by atoms with E-state index in [1.165, 1.54) is 5.56 Å². The Hall–Kier alpha value is -1.84. The van der Waals surface area contributed by atoms with Gasteiger partial charge in [-0.25, -0.2) is 0 Å². The van der Waals surface area contributed by atoms with Crippen molar-refractivity contribution in [2.24, 2.45) is 11.8 Å². The maximum Gasteiger partial charge on any atom is 0.307 e. The minimum Gasteiger partial charge on any atom is -0.481 e. The van der Waals surface area contributed by atoms with Crippen molar-refractivity contribution in [1.82, 2.24) is 0 Å². The predicted molar refractivity (Wildman–Crippen MR) is 86.9 cm³/mol. The van der Waals surface area contributed by atoms with E-state index < -0.39 is 17.8 Å². The molecule has 0 spiro atoms. The van der Waals surface area contributed by atoms with Gasteiger partial charge in [-0.3, -0.25) is 9.59 Å². The van der Waals surface area contributed by atoms with Crippen molar-refractivity contribution in [3.05, 3.63) is 29.8 Å². The van der Waals surface area contributed by atoms with Crippen LogP contribution in [-0.4, -0.2) is 17.0 Å². The zero-order valence-electron chi connectivity index (χ0n) is 13.3. The molecule has 2 rings (SSSR count). The van der Waals surface area contributed by atoms with Gasteiger partial charge in [-0.2, -0.15) is 0 Å². The molecule has 0 radical (unpaired) electrons. The fourth-order valence-corrected chi connectivity index (χ4v) is 3.11. The first-order chi connectivity index (χ1) is 10.5. The monoisotopic (exact) mass is 303 g/mol. The molecule has 2 N–H and O–H groups in total. The summed E-state index contributed by atoms with van der Waals surface area (Å²) in [6, 6.07) is 7.86. The number of anilines is 1. The summed E-state index contributed by atoms with van der Waals surface area (Å²) in [7, 11) is 0. The number of benzene rings is 1. The Morgan fingerprint density at radius 1 is 1.18 bits per heavy atom. The average Bonchev–Trinajstić information content (AvgIpc) is 2.54. The molecule has 0 saturated heterocycles. The Morgan fingerprint density at radius 3 is 2.32 bits per heavy atom. The average molecular weight is 303 g/mol. The Balaban J connectivity index is 2.03. The zero-order valence-corrected chi connectivity index (χ0v) is 13.3. The lowest BCUT2D eigenvalue weighted by Gasteiger charge is -2.27. The summed E-state index contributed by atoms with van der Waals surface area (Å²) in [6.45, 7) is 4.32. The Morgan fingerprint density at radius 2 is 1.77 bits per heavy atom. The van der Waals surface area contributed by atoms with Crippen LogP contribution < -0.4 is 5.32 Å². The maximum absolute atomic E-state index is 12.4. The van der Waals surface area contributed by atoms with Gasteiger partial charge in [0.25, 0.3) is 0 Å². The van der Waals surface area contributed by atoms with Gasteiger partial charge in [0.15, 0.2) is 0 Å². The van der Waals surface area contributed by atoms with Gasteiger partial charge >= 0.3 is 5.97 Å². The van der Waals surface area contributed by atoms with E-state index >= 15 is 0 Å². The van der Waals surface area contributed by atoms with Gasteiger partial charge in [-0.15, -0.1) is 0 Å². The smallest absolute Gasteiger partial charge is 0.307 e. The number of hydrogen-bond acceptors (Lipinski definition) is 2. The van der Waals surface area contributed by atoms with Crippen LogP contribution in [0, 0.1) is 11.8 Å². The summed E-state index contributed by atoms with van der Waals surface area (Å²) >= 11 is 0. The van der Waals surface area contributed by atoms with E-state index in [1.54, 1.807) is 0 Å². The van der Waals surface area contributed by atoms with Crippen LogP contribution in [0.15, 0.2) is 24.3 Å². The van der Waals surface area contributed by atoms with Crippen molar-refractivity contribution in [2.45, 2.75) is 51.9 Å². The van der Waals surface area contributed by atoms with Gasteiger partial charge in [-0.1, -0.05) is 38.8 Å². The molecule has 0 aromatic heterocycles. The molecule has 1 aliphatic rings. The molecule has 0 heterocycles. The largest absolute Gasteiger partial charge is 0.481 e. The fourth-order valence-electron chi connectivity index (χ4n) is 3.11. The standard InChI is InChI=1S/C18H25NO3/c1-3-12(2)13-8-10-14(11-9-13)19-17(20)15-6-4-5-7-16(15)18(21)22/h8-12,15-16H,3-7H2,1-2H3,(H,19,20)(H,21,22)/t12-,15+,16-/m0/s1. The van der Waals surface area contributed by atoms with Crippen molar-refractivity contribution < 1.29 is 14.7 Å². The molecule has 1 saturated carbocycles. The van der Waals surface area contributed by atoms with Crippen molar-refractivity contribution in [3.63, 3.8) is 0 Å². The van der Waals surface area contributed by atoms with Crippen LogP contribution in [0.4, 0.5) is 5.69 Å². The van der Waals surface area contributed by atoms with Crippen LogP contribution in [0.5, 0.6) is 0 Å². The van der Waals surface area contributed by atoms with E-state index in [4.69, 9.17) is 0 Å². The third kappa shape index (κ3) is 3.87. The van der Waals surface area contributed by atoms with Crippen molar-refractivity contribution in [3.8, 4) is 0 Å². The van der Waals surface area contributed by atoms with Gasteiger partial charge < -0.3 is 10.4 Å². The minimum atomic E-state index is -0.855. The first kappa shape index (κ1) is 16.5. The van der Waals surface area contributed by atoms with Crippen LogP contribution in [0.2, 0.25) is 0 Å². The second-order valence-corrected chi connectivity index (χ2v) is 6.26. The number of carboxylic acid groups (broad SMARTS) is 1. The number of hydrogen-bond donors (Lipinski definition) is 2. The molecule has 3 atom stereocenters. The SMILES string of the molecule is CC[C@H](C)c1ccc(NC(=O)[C@@H]2CCCC[C@@H]2C(=O)O)cc1. The number of nitrogens with one attached hydrogen (secondary N) is 1. The first-order valence-corrected chi connectivity index (χ1v) is 8.16. The quantitative estimate of drug-likeness (QED) is 0.863. The second-order valence-electron chi connectivity index (χ2n) is 6.26. The second kappa shape index (κ2) is 7.43. The number of carboxylic acids is 1. The van der Waals surface area contributed by atoms with Crippen molar-refractivity contribution >= 4 is 17.6 Å². The highest BCUT2D eigenvalue weighted by molar-refractivity contribution is 5.95. The Bertz CT molecular complexity index is 524. The van der Waals surface area contributed by atoms with Crippen LogP contribution in [0.3, 0.4) is 0 Å². The molecule has 4 heteroatoms. The van der Waals surface area contributed by atoms with Crippen molar-refractivity contribution in [2.75, 3.05) is 5.32 Å². The third-order valence-electron chi connectivity index (χ3n) is 4.78. The number of amides is 1. The number of rotatable bonds is 5. The molecule has 1 fully saturated rings. The van der Waals surface area contributed by atoms with Crippen LogP contribution >= 0.6 is 0 Å². The molecule has 1 aromatic carbocycles. The molecule has 4 nitrogen and oxygen atoms in total. The molecule has 1 aliphatic carbocycles. The van der Waals surface area contributed by atoms with Crippen molar-refractivity contribution in [1.29, 1.82) is 0 Å². The molecule has 120 valence electrons. The van der Waals surface area contributed by atoms with E-state index in [-0.39, 0.29) is 5.91 Å². The number of aliphatic carboxylic acids is 1. The molecule has 0 bridgehead atoms. The van der Waals surface area contributed by atoms with E-state index in [0.717, 1.165) is 24.9 Å². The molecule has 22 heavy (non-hydrogen) atoms. The lowest BCUT2D eigenvalue weighted by molar-refractivity contribution is -0.147. The summed E-state index contributed by atoms with van der Waals surface area (Å²) < 4.78 is 0. The number of carbonyl (C=O) groups is 2. The predicted octanol–water partition coefficient (Wildman–Crippen LogP) is 4.03. The minimum absolute atomic E-state index is 0.164. The van der Waals surface area contributed by atoms with Crippen LogP contribution in [-0.2, 0) is 9.59 Å². The van der Waals surface area contributed by atoms with Gasteiger partial charge in [0, 0.05) is 5.69 Å². The first-order valence-electron chi connectivity index (χ1n) is 8.16. The molecule has 1 aromatic rings. The van der Waals surface area contributed by atoms with Crippen LogP contribution in [0.1, 0.15) is 57.4 Å². The van der Waals surface area contributed by atoms with Crippen LogP contribution in [0.25, 0.3) is 0 Å². The summed E-state index contributed by atoms with van der Waals surface area (Å²) in [4.78, 5) is 23.7. The van der Waals surface area contributed by atoms with Gasteiger partial charge in [0.05, 0.1) is 11.8 Å². The Labute approximate surface area is 131 Å². The maximum atomic E-state index is 12.4. The number of carbonyl (C=O) groups excluding carboxylic acids is 1. The summed E-state index contributed by atoms with van der Waals surface area (Å²) in [5, 5.41) is 12.1. The summed E-state index contributed by atoms with van der Waals surface area (Å²) in [6.07, 6.45) is 4.15. The molecular formula is C18H25NO3. The van der Waals surface area contributed by atoms with Gasteiger partial charge in [-0.05, 0) is 42.9 Å². The zero-order chi connectivity index (χ0) is 16.1. The molecular weight excluding hydrogens is 278 g/mol. The lowest BCUT2D eigenvalue weighted by Crippen LogP contribution is -2.36. The van der Waals surface area contributed by atoms with Gasteiger partial charge in [0.2, 0.25) is 5.91 Å². The molecule has 1 amide bonds. The fraction of sp³-hybridized carbons (Fsp3) is 0.556. The molecule has 0 unspecified atom stereocenters. The highest BCUT2D eigenvalue weighted by Gasteiger charge is 2.35. The summed E-state index contributed by atoms with van der Waals surface area (Å²) in [5.41, 5.74) is 1.99. The van der Waals surface area contributed by atoms with E-state index in [9.17, 15) is 14.7 Å². The Kier molecular flexibility index (Phi) is 5.58. The topological polar surface area (TPSA) is 66.4 Å². The summed E-state index contributed by atoms with van der Waals surface area (Å²) in [5.74, 6) is -1.48.